The van der Waals surface area contributed by atoms with Gasteiger partial charge in [-0.1, -0.05) is 86.1 Å². The van der Waals surface area contributed by atoms with Crippen LogP contribution in [0.1, 0.15) is 88.5 Å². The van der Waals surface area contributed by atoms with Gasteiger partial charge in [0.1, 0.15) is 41.3 Å². The summed E-state index contributed by atoms with van der Waals surface area (Å²) in [5, 5.41) is 38.8. The zero-order valence-electron chi connectivity index (χ0n) is 45.0. The molecule has 26 heteroatoms. The molecular weight excluding hydrogens is 1100 g/mol. The van der Waals surface area contributed by atoms with Crippen molar-refractivity contribution in [2.45, 2.75) is 139 Å². The number of benzene rings is 3. The van der Waals surface area contributed by atoms with Crippen LogP contribution in [0.5, 0.6) is 0 Å². The predicted octanol–water partition coefficient (Wildman–Crippen LogP) is 2.57. The molecule has 1 heterocycles. The Balaban J connectivity index is 1.45. The summed E-state index contributed by atoms with van der Waals surface area (Å²) in [7, 11) is -4.48. The SMILES string of the molecule is CSCC[C@H](NC(=O)[C@@H](N)Cc1ccccc1)C(=O)NC(C)(C)C(=O)N[C@@H](Cc1ccc(CP(=O)(O)O)cc1)C(=O)N[C@@H](Cc1c[nH]c2cc(Cl)ccc12)C(=O)N[C@@H](CCC(=O)O)C(=O)NC1(C(=O)N[C@@H](CC(C)C)C(=O)O)CC1. The fourth-order valence-electron chi connectivity index (χ4n) is 8.68. The van der Waals surface area contributed by atoms with E-state index in [9.17, 15) is 67.7 Å². The van der Waals surface area contributed by atoms with Crippen molar-refractivity contribution in [2.75, 3.05) is 12.0 Å². The molecule has 5 rings (SSSR count). The highest BCUT2D eigenvalue weighted by atomic mass is 35.5. The molecule has 0 radical (unpaired) electrons. The number of hydrogen-bond acceptors (Lipinski definition) is 12. The topological polar surface area (TPSA) is 378 Å². The van der Waals surface area contributed by atoms with Gasteiger partial charge in [0, 0.05) is 41.4 Å². The van der Waals surface area contributed by atoms with Crippen LogP contribution in [0.15, 0.2) is 79.0 Å². The van der Waals surface area contributed by atoms with Gasteiger partial charge in [-0.2, -0.15) is 11.8 Å². The predicted molar refractivity (Wildman–Crippen MR) is 300 cm³/mol. The van der Waals surface area contributed by atoms with E-state index in [0.29, 0.717) is 32.8 Å². The van der Waals surface area contributed by atoms with Gasteiger partial charge in [0.15, 0.2) is 0 Å². The van der Waals surface area contributed by atoms with Crippen LogP contribution in [0.25, 0.3) is 10.9 Å². The van der Waals surface area contributed by atoms with E-state index in [-0.39, 0.29) is 56.4 Å². The lowest BCUT2D eigenvalue weighted by molar-refractivity contribution is -0.143. The second kappa shape index (κ2) is 28.5. The van der Waals surface area contributed by atoms with Crippen LogP contribution in [0.4, 0.5) is 0 Å². The molecule has 434 valence electrons. The number of carboxylic acids is 2. The maximum Gasteiger partial charge on any atom is 0.329 e. The summed E-state index contributed by atoms with van der Waals surface area (Å²) in [5.41, 5.74) is 5.38. The number of nitrogens with one attached hydrogen (secondary N) is 8. The highest BCUT2D eigenvalue weighted by Gasteiger charge is 2.53. The van der Waals surface area contributed by atoms with E-state index < -0.39 is 127 Å². The van der Waals surface area contributed by atoms with Crippen LogP contribution < -0.4 is 43.0 Å². The van der Waals surface area contributed by atoms with Crippen molar-refractivity contribution in [3.8, 4) is 0 Å². The highest BCUT2D eigenvalue weighted by molar-refractivity contribution is 7.98. The van der Waals surface area contributed by atoms with Crippen molar-refractivity contribution in [2.24, 2.45) is 11.7 Å². The van der Waals surface area contributed by atoms with Gasteiger partial charge in [-0.25, -0.2) is 4.79 Å². The zero-order valence-corrected chi connectivity index (χ0v) is 47.5. The third kappa shape index (κ3) is 19.5. The van der Waals surface area contributed by atoms with Crippen LogP contribution in [0, 0.1) is 5.92 Å². The van der Waals surface area contributed by atoms with Crippen LogP contribution in [0.3, 0.4) is 0 Å². The Kier molecular flexibility index (Phi) is 22.8. The smallest absolute Gasteiger partial charge is 0.329 e. The van der Waals surface area contributed by atoms with E-state index in [2.05, 4.69) is 42.2 Å². The number of amides is 7. The van der Waals surface area contributed by atoms with Gasteiger partial charge < -0.3 is 67.9 Å². The van der Waals surface area contributed by atoms with Crippen LogP contribution in [-0.4, -0.2) is 138 Å². The molecule has 0 aliphatic heterocycles. The number of H-pyrrole nitrogens is 1. The minimum absolute atomic E-state index is 0.0927. The fraction of sp³-hybridized carbons (Fsp3) is 0.463. The van der Waals surface area contributed by atoms with Gasteiger partial charge in [0.25, 0.3) is 0 Å². The summed E-state index contributed by atoms with van der Waals surface area (Å²) in [6.45, 7) is 6.28. The van der Waals surface area contributed by atoms with Crippen molar-refractivity contribution in [3.63, 3.8) is 0 Å². The van der Waals surface area contributed by atoms with Crippen LogP contribution in [0.2, 0.25) is 5.02 Å². The second-order valence-corrected chi connectivity index (χ2v) is 24.0. The minimum Gasteiger partial charge on any atom is -0.481 e. The largest absolute Gasteiger partial charge is 0.481 e. The number of thioether (sulfide) groups is 1. The number of halogens is 1. The van der Waals surface area contributed by atoms with Crippen molar-refractivity contribution in [3.05, 3.63) is 106 Å². The molecule has 14 N–H and O–H groups in total. The molecule has 6 atom stereocenters. The molecule has 0 saturated heterocycles. The van der Waals surface area contributed by atoms with Gasteiger partial charge in [-0.3, -0.25) is 42.9 Å². The number of rotatable bonds is 31. The summed E-state index contributed by atoms with van der Waals surface area (Å²) >= 11 is 7.68. The third-order valence-corrected chi connectivity index (χ3v) is 14.9. The number of nitrogens with two attached hydrogens (primary N) is 1. The Hall–Kier alpha value is -6.82. The Bertz CT molecular complexity index is 2930. The van der Waals surface area contributed by atoms with E-state index in [4.69, 9.17) is 17.3 Å². The maximum absolute atomic E-state index is 14.9. The lowest BCUT2D eigenvalue weighted by Crippen LogP contribution is -2.63. The van der Waals surface area contributed by atoms with Gasteiger partial charge in [-0.15, -0.1) is 0 Å². The van der Waals surface area contributed by atoms with Crippen molar-refractivity contribution < 1.29 is 67.7 Å². The molecule has 7 amide bonds. The van der Waals surface area contributed by atoms with E-state index in [1.54, 1.807) is 50.4 Å². The molecule has 1 aliphatic carbocycles. The molecule has 23 nitrogen and oxygen atoms in total. The number of carbonyl (C=O) groups is 9. The first kappa shape index (κ1) is 64.0. The first-order valence-electron chi connectivity index (χ1n) is 25.9. The molecule has 0 bridgehead atoms. The summed E-state index contributed by atoms with van der Waals surface area (Å²) in [4.78, 5) is 145. The molecule has 1 aliphatic rings. The molecule has 1 fully saturated rings. The number of hydrogen-bond donors (Lipinski definition) is 13. The number of fused-ring (bicyclic) bond motifs is 1. The van der Waals surface area contributed by atoms with E-state index >= 15 is 0 Å². The number of carboxylic acid groups (broad SMARTS) is 2. The Morgan fingerprint density at radius 1 is 0.725 bits per heavy atom. The minimum atomic E-state index is -4.48. The lowest BCUT2D eigenvalue weighted by Gasteiger charge is -2.31. The number of aliphatic carboxylic acids is 2. The summed E-state index contributed by atoms with van der Waals surface area (Å²) in [6, 6.07) is 11.6. The van der Waals surface area contributed by atoms with E-state index in [1.165, 1.54) is 49.9 Å². The Morgan fingerprint density at radius 3 is 1.90 bits per heavy atom. The first-order chi connectivity index (χ1) is 37.6. The maximum atomic E-state index is 14.9. The number of aromatic amines is 1. The summed E-state index contributed by atoms with van der Waals surface area (Å²) < 4.78 is 11.8. The van der Waals surface area contributed by atoms with Gasteiger partial charge in [-0.05, 0) is 105 Å². The number of aromatic nitrogens is 1. The van der Waals surface area contributed by atoms with Gasteiger partial charge in [0.05, 0.1) is 12.2 Å². The highest BCUT2D eigenvalue weighted by Crippen LogP contribution is 2.39. The molecule has 1 saturated carbocycles. The summed E-state index contributed by atoms with van der Waals surface area (Å²) in [5.74, 6) is -8.21. The van der Waals surface area contributed by atoms with E-state index in [1.807, 2.05) is 24.5 Å². The van der Waals surface area contributed by atoms with Crippen molar-refractivity contribution in [1.29, 1.82) is 0 Å². The van der Waals surface area contributed by atoms with Crippen molar-refractivity contribution >= 4 is 95.2 Å². The average molecular weight is 1170 g/mol. The van der Waals surface area contributed by atoms with Crippen molar-refractivity contribution in [1.82, 2.24) is 42.2 Å². The van der Waals surface area contributed by atoms with Gasteiger partial charge in [0.2, 0.25) is 41.4 Å². The molecule has 0 spiro atoms. The molecule has 0 unspecified atom stereocenters. The Labute approximate surface area is 472 Å². The summed E-state index contributed by atoms with van der Waals surface area (Å²) in [6.07, 6.45) is 1.77. The van der Waals surface area contributed by atoms with Crippen LogP contribution in [-0.2, 0) is 73.1 Å². The quantitative estimate of drug-likeness (QED) is 0.0322. The molecule has 4 aromatic rings. The average Bonchev–Trinajstić information content (AvgIpc) is 4.21. The monoisotopic (exact) mass is 1170 g/mol. The van der Waals surface area contributed by atoms with Crippen LogP contribution >= 0.6 is 31.0 Å². The zero-order chi connectivity index (χ0) is 59.1. The lowest BCUT2D eigenvalue weighted by atomic mass is 9.98. The van der Waals surface area contributed by atoms with Gasteiger partial charge >= 0.3 is 19.5 Å². The fourth-order valence-corrected chi connectivity index (χ4v) is 10.0. The standard InChI is InChI=1S/C54H71ClN9O14PS/c1-30(2)23-43(50(72)73)62-52(75)54(20-21-54)64-49(71)38(17-18-44(65)66)59-47(69)42(26-34-28-57-40-27-35(55)15-16-36(34)40)60-46(68)41(25-32-11-13-33(14-12-32)29-79(76,77)78)61-51(74)53(3,4)63-48(70)39(19-22-80-5)58-45(67)37(56)24-31-9-7-6-8-10-31/h6-16,27-28,30,37-39,41-43,57H,17-26,29,56H2,1-5H3,(H,58,67)(H,59,69)(H,60,68)(H,61,74)(H,62,75)(H,63,70)(H,64,71)(H,65,66)(H,72,73)(H2,76,77,78)/t37-,38-,39-,41-,42-,43-/m0/s1. The Morgan fingerprint density at radius 2 is 1.31 bits per heavy atom. The second-order valence-electron chi connectivity index (χ2n) is 21.0. The number of carbonyl (C=O) groups excluding carboxylic acids is 7. The third-order valence-electron chi connectivity index (χ3n) is 13.3. The van der Waals surface area contributed by atoms with E-state index in [0.717, 1.165) is 5.56 Å². The first-order valence-corrected chi connectivity index (χ1v) is 29.4. The molecular formula is C54H71ClN9O14PS. The molecule has 3 aromatic carbocycles. The normalized spacial score (nSPS) is 15.2. The molecule has 80 heavy (non-hydrogen) atoms. The molecule has 1 aromatic heterocycles.